The number of amides is 2. The SMILES string of the molecule is CC(=O)N1CCN(C(=O)CCN(c2ccc(F)c(F)c2)S(C)(=O)=O)CC1. The fourth-order valence-corrected chi connectivity index (χ4v) is 3.67. The summed E-state index contributed by atoms with van der Waals surface area (Å²) >= 11 is 0. The minimum Gasteiger partial charge on any atom is -0.339 e. The first-order valence-corrected chi connectivity index (χ1v) is 9.90. The summed E-state index contributed by atoms with van der Waals surface area (Å²) in [5.74, 6) is -2.56. The highest BCUT2D eigenvalue weighted by molar-refractivity contribution is 7.92. The molecule has 1 aromatic rings. The second-order valence-electron chi connectivity index (χ2n) is 6.07. The van der Waals surface area contributed by atoms with Crippen molar-refractivity contribution in [2.75, 3.05) is 43.3 Å². The molecule has 2 rings (SSSR count). The van der Waals surface area contributed by atoms with Crippen molar-refractivity contribution >= 4 is 27.5 Å². The molecule has 0 aliphatic carbocycles. The summed E-state index contributed by atoms with van der Waals surface area (Å²) in [5.41, 5.74) is -0.0411. The highest BCUT2D eigenvalue weighted by atomic mass is 32.2. The van der Waals surface area contributed by atoms with Crippen LogP contribution in [0.1, 0.15) is 13.3 Å². The molecule has 144 valence electrons. The lowest BCUT2D eigenvalue weighted by molar-refractivity contribution is -0.138. The number of sulfonamides is 1. The van der Waals surface area contributed by atoms with Gasteiger partial charge in [0.15, 0.2) is 11.6 Å². The van der Waals surface area contributed by atoms with Crippen LogP contribution in [0.4, 0.5) is 14.5 Å². The van der Waals surface area contributed by atoms with Crippen LogP contribution in [0.5, 0.6) is 0 Å². The molecule has 1 saturated heterocycles. The van der Waals surface area contributed by atoms with E-state index in [0.717, 1.165) is 28.8 Å². The zero-order valence-corrected chi connectivity index (χ0v) is 15.4. The zero-order chi connectivity index (χ0) is 19.5. The molecule has 0 spiro atoms. The monoisotopic (exact) mass is 389 g/mol. The van der Waals surface area contributed by atoms with E-state index in [1.807, 2.05) is 0 Å². The number of carbonyl (C=O) groups is 2. The Kier molecular flexibility index (Phi) is 6.17. The molecule has 1 fully saturated rings. The van der Waals surface area contributed by atoms with Gasteiger partial charge in [0.2, 0.25) is 21.8 Å². The molecule has 2 amide bonds. The van der Waals surface area contributed by atoms with Gasteiger partial charge in [-0.1, -0.05) is 0 Å². The fraction of sp³-hybridized carbons (Fsp3) is 0.500. The largest absolute Gasteiger partial charge is 0.339 e. The average Bonchev–Trinajstić information content (AvgIpc) is 2.57. The fourth-order valence-electron chi connectivity index (χ4n) is 2.75. The lowest BCUT2D eigenvalue weighted by Crippen LogP contribution is -2.50. The van der Waals surface area contributed by atoms with E-state index >= 15 is 0 Å². The third kappa shape index (κ3) is 4.90. The third-order valence-corrected chi connectivity index (χ3v) is 5.39. The van der Waals surface area contributed by atoms with Gasteiger partial charge in [-0.2, -0.15) is 0 Å². The Bertz CT molecular complexity index is 793. The predicted molar refractivity (Wildman–Crippen MR) is 92.0 cm³/mol. The van der Waals surface area contributed by atoms with Crippen LogP contribution < -0.4 is 4.31 Å². The highest BCUT2D eigenvalue weighted by Gasteiger charge is 2.25. The number of benzene rings is 1. The normalized spacial score (nSPS) is 15.1. The van der Waals surface area contributed by atoms with E-state index in [2.05, 4.69) is 0 Å². The molecule has 0 unspecified atom stereocenters. The summed E-state index contributed by atoms with van der Waals surface area (Å²) in [6.45, 7) is 2.89. The maximum atomic E-state index is 13.4. The van der Waals surface area contributed by atoms with Crippen molar-refractivity contribution in [2.24, 2.45) is 0 Å². The van der Waals surface area contributed by atoms with Crippen molar-refractivity contribution in [2.45, 2.75) is 13.3 Å². The van der Waals surface area contributed by atoms with Crippen LogP contribution in [-0.4, -0.2) is 69.0 Å². The summed E-state index contributed by atoms with van der Waals surface area (Å²) in [5, 5.41) is 0. The highest BCUT2D eigenvalue weighted by Crippen LogP contribution is 2.21. The molecule has 0 atom stereocenters. The molecule has 1 heterocycles. The van der Waals surface area contributed by atoms with Crippen LogP contribution >= 0.6 is 0 Å². The molecular formula is C16H21F2N3O4S. The van der Waals surface area contributed by atoms with Gasteiger partial charge in [-0.05, 0) is 12.1 Å². The molecule has 0 aromatic heterocycles. The average molecular weight is 389 g/mol. The standard InChI is InChI=1S/C16H21F2N3O4S/c1-12(22)19-7-9-20(10-8-19)16(23)5-6-21(26(2,24)25)13-3-4-14(17)15(18)11-13/h3-4,11H,5-10H2,1-2H3. The van der Waals surface area contributed by atoms with E-state index in [9.17, 15) is 26.8 Å². The van der Waals surface area contributed by atoms with Crippen molar-refractivity contribution in [3.05, 3.63) is 29.8 Å². The molecule has 0 bridgehead atoms. The maximum Gasteiger partial charge on any atom is 0.232 e. The number of nitrogens with zero attached hydrogens (tertiary/aromatic N) is 3. The number of rotatable bonds is 5. The zero-order valence-electron chi connectivity index (χ0n) is 14.6. The summed E-state index contributed by atoms with van der Waals surface area (Å²) in [6, 6.07) is 2.77. The van der Waals surface area contributed by atoms with E-state index < -0.39 is 21.7 Å². The van der Waals surface area contributed by atoms with Crippen molar-refractivity contribution < 1.29 is 26.8 Å². The first kappa shape index (κ1) is 20.1. The maximum absolute atomic E-state index is 13.4. The van der Waals surface area contributed by atoms with Crippen LogP contribution in [0.25, 0.3) is 0 Å². The molecule has 1 aliphatic heterocycles. The number of carbonyl (C=O) groups excluding carboxylic acids is 2. The van der Waals surface area contributed by atoms with Crippen molar-refractivity contribution in [1.82, 2.24) is 9.80 Å². The van der Waals surface area contributed by atoms with Crippen LogP contribution in [0.2, 0.25) is 0 Å². The summed E-state index contributed by atoms with van der Waals surface area (Å²) in [4.78, 5) is 26.8. The minimum atomic E-state index is -3.77. The Balaban J connectivity index is 2.03. The van der Waals surface area contributed by atoms with Crippen LogP contribution in [0, 0.1) is 11.6 Å². The molecule has 26 heavy (non-hydrogen) atoms. The number of hydrogen-bond donors (Lipinski definition) is 0. The van der Waals surface area contributed by atoms with Crippen LogP contribution in [0.15, 0.2) is 18.2 Å². The van der Waals surface area contributed by atoms with Gasteiger partial charge >= 0.3 is 0 Å². The van der Waals surface area contributed by atoms with Crippen LogP contribution in [-0.2, 0) is 19.6 Å². The molecule has 0 saturated carbocycles. The number of halogens is 2. The Labute approximate surface area is 151 Å². The van der Waals surface area contributed by atoms with E-state index in [0.29, 0.717) is 26.2 Å². The van der Waals surface area contributed by atoms with Crippen molar-refractivity contribution in [3.63, 3.8) is 0 Å². The van der Waals surface area contributed by atoms with Gasteiger partial charge < -0.3 is 9.80 Å². The van der Waals surface area contributed by atoms with E-state index in [-0.39, 0.29) is 30.5 Å². The lowest BCUT2D eigenvalue weighted by Gasteiger charge is -2.34. The molecule has 0 N–H and O–H groups in total. The summed E-state index contributed by atoms with van der Waals surface area (Å²) in [7, 11) is -3.77. The first-order chi connectivity index (χ1) is 12.1. The number of piperazine rings is 1. The van der Waals surface area contributed by atoms with E-state index in [4.69, 9.17) is 0 Å². The van der Waals surface area contributed by atoms with Crippen LogP contribution in [0.3, 0.4) is 0 Å². The Morgan fingerprint density at radius 2 is 1.65 bits per heavy atom. The smallest absolute Gasteiger partial charge is 0.232 e. The van der Waals surface area contributed by atoms with Gasteiger partial charge in [-0.25, -0.2) is 17.2 Å². The van der Waals surface area contributed by atoms with Gasteiger partial charge in [0.1, 0.15) is 0 Å². The second-order valence-corrected chi connectivity index (χ2v) is 7.98. The quantitative estimate of drug-likeness (QED) is 0.747. The second kappa shape index (κ2) is 7.98. The molecule has 1 aliphatic rings. The molecular weight excluding hydrogens is 368 g/mol. The summed E-state index contributed by atoms with van der Waals surface area (Å²) in [6.07, 6.45) is 0.830. The molecule has 1 aromatic carbocycles. The van der Waals surface area contributed by atoms with Gasteiger partial charge in [0.05, 0.1) is 11.9 Å². The lowest BCUT2D eigenvalue weighted by atomic mass is 10.2. The minimum absolute atomic E-state index is 0.0411. The third-order valence-electron chi connectivity index (χ3n) is 4.20. The van der Waals surface area contributed by atoms with Gasteiger partial charge in [-0.3, -0.25) is 13.9 Å². The van der Waals surface area contributed by atoms with Gasteiger partial charge in [0, 0.05) is 52.1 Å². The number of hydrogen-bond acceptors (Lipinski definition) is 4. The Morgan fingerprint density at radius 1 is 1.08 bits per heavy atom. The molecule has 7 nitrogen and oxygen atoms in total. The topological polar surface area (TPSA) is 78.0 Å². The molecule has 0 radical (unpaired) electrons. The van der Waals surface area contributed by atoms with E-state index in [1.165, 1.54) is 6.92 Å². The Morgan fingerprint density at radius 3 is 2.15 bits per heavy atom. The predicted octanol–water partition coefficient (Wildman–Crippen LogP) is 0.812. The van der Waals surface area contributed by atoms with Crippen molar-refractivity contribution in [3.8, 4) is 0 Å². The molecule has 10 heteroatoms. The van der Waals surface area contributed by atoms with Crippen molar-refractivity contribution in [1.29, 1.82) is 0 Å². The van der Waals surface area contributed by atoms with Gasteiger partial charge in [-0.15, -0.1) is 0 Å². The summed E-state index contributed by atoms with van der Waals surface area (Å²) < 4.78 is 51.3. The van der Waals surface area contributed by atoms with Gasteiger partial charge in [0.25, 0.3) is 0 Å². The first-order valence-electron chi connectivity index (χ1n) is 8.05. The number of anilines is 1. The Hall–Kier alpha value is -2.23. The van der Waals surface area contributed by atoms with E-state index in [1.54, 1.807) is 9.80 Å².